The molecule has 7 nitrogen and oxygen atoms in total. The van der Waals surface area contributed by atoms with Gasteiger partial charge in [0.15, 0.2) is 9.84 Å². The van der Waals surface area contributed by atoms with Crippen LogP contribution in [0.1, 0.15) is 124 Å². The van der Waals surface area contributed by atoms with Gasteiger partial charge in [0.1, 0.15) is 0 Å². The van der Waals surface area contributed by atoms with Crippen molar-refractivity contribution < 1.29 is 13.2 Å². The first kappa shape index (κ1) is 37.7. The number of allylic oxidation sites excluding steroid dienone is 4. The van der Waals surface area contributed by atoms with Crippen molar-refractivity contribution in [2.75, 3.05) is 44.3 Å². The Morgan fingerprint density at radius 3 is 2.51 bits per heavy atom. The number of hydrogen-bond acceptors (Lipinski definition) is 7. The van der Waals surface area contributed by atoms with E-state index in [4.69, 9.17) is 4.74 Å². The molecule has 1 aromatic rings. The van der Waals surface area contributed by atoms with Crippen molar-refractivity contribution in [1.82, 2.24) is 15.2 Å². The summed E-state index contributed by atoms with van der Waals surface area (Å²) >= 11 is 0. The van der Waals surface area contributed by atoms with Crippen molar-refractivity contribution in [3.8, 4) is 11.9 Å². The van der Waals surface area contributed by atoms with Gasteiger partial charge in [-0.05, 0) is 146 Å². The van der Waals surface area contributed by atoms with Gasteiger partial charge in [0.05, 0.1) is 29.7 Å². The predicted molar refractivity (Wildman–Crippen MR) is 212 cm³/mol. The number of aromatic nitrogens is 1. The summed E-state index contributed by atoms with van der Waals surface area (Å²) in [5.41, 5.74) is 5.34. The van der Waals surface area contributed by atoms with Crippen LogP contribution in [0.3, 0.4) is 0 Å². The first-order chi connectivity index (χ1) is 25.2. The minimum absolute atomic E-state index is 0.165. The van der Waals surface area contributed by atoms with E-state index in [0.717, 1.165) is 50.1 Å². The van der Waals surface area contributed by atoms with Crippen LogP contribution < -0.4 is 10.1 Å². The van der Waals surface area contributed by atoms with E-state index < -0.39 is 9.84 Å². The SMILES string of the molecule is CC1(C)C(C2=CC[C@H](COc3cc(C#N)ccn3)CC2)=CC[C@@]2(C)C1CC[C@]1(C)C2CC[C@@H]2[C@H]3CCC[C@]3(NCCN3CCS(=O)(=O)CC3)CC[C@]21C. The lowest BCUT2D eigenvalue weighted by atomic mass is 9.33. The number of ether oxygens (including phenoxy) is 1. The zero-order chi connectivity index (χ0) is 37.3. The fourth-order valence-electron chi connectivity index (χ4n) is 14.5. The van der Waals surface area contributed by atoms with Gasteiger partial charge in [-0.3, -0.25) is 0 Å². The molecule has 8 rings (SSSR count). The summed E-state index contributed by atoms with van der Waals surface area (Å²) in [6.07, 6.45) is 23.6. The van der Waals surface area contributed by atoms with Crippen molar-refractivity contribution in [3.63, 3.8) is 0 Å². The molecule has 0 radical (unpaired) electrons. The molecule has 8 heteroatoms. The molecule has 7 aliphatic rings. The fraction of sp³-hybridized carbons (Fsp3) is 0.778. The van der Waals surface area contributed by atoms with E-state index in [0.29, 0.717) is 70.7 Å². The summed E-state index contributed by atoms with van der Waals surface area (Å²) in [4.78, 5) is 6.68. The van der Waals surface area contributed by atoms with E-state index in [1.165, 1.54) is 64.2 Å². The van der Waals surface area contributed by atoms with Gasteiger partial charge in [0.25, 0.3) is 0 Å². The Balaban J connectivity index is 0.944. The maximum absolute atomic E-state index is 12.0. The predicted octanol–water partition coefficient (Wildman–Crippen LogP) is 8.52. The average molecular weight is 743 g/mol. The van der Waals surface area contributed by atoms with Crippen LogP contribution in [0.25, 0.3) is 0 Å². The third kappa shape index (κ3) is 6.35. The molecule has 1 saturated heterocycles. The highest BCUT2D eigenvalue weighted by atomic mass is 32.2. The zero-order valence-electron chi connectivity index (χ0n) is 33.4. The van der Waals surface area contributed by atoms with Gasteiger partial charge in [0.2, 0.25) is 5.88 Å². The lowest BCUT2D eigenvalue weighted by Crippen LogP contribution is -2.67. The van der Waals surface area contributed by atoms with Crippen molar-refractivity contribution in [2.45, 2.75) is 124 Å². The van der Waals surface area contributed by atoms with E-state index in [1.54, 1.807) is 29.5 Å². The number of nitriles is 1. The van der Waals surface area contributed by atoms with E-state index in [-0.39, 0.29) is 11.0 Å². The Labute approximate surface area is 320 Å². The number of nitrogens with one attached hydrogen (secondary N) is 1. The number of sulfone groups is 1. The second kappa shape index (κ2) is 13.8. The molecular weight excluding hydrogens is 677 g/mol. The number of rotatable bonds is 8. The van der Waals surface area contributed by atoms with Gasteiger partial charge >= 0.3 is 0 Å². The zero-order valence-corrected chi connectivity index (χ0v) is 34.2. The first-order valence-corrected chi connectivity index (χ1v) is 23.1. The van der Waals surface area contributed by atoms with Crippen LogP contribution in [0.2, 0.25) is 0 Å². The van der Waals surface area contributed by atoms with Gasteiger partial charge in [-0.15, -0.1) is 0 Å². The summed E-state index contributed by atoms with van der Waals surface area (Å²) < 4.78 is 30.0. The lowest BCUT2D eigenvalue weighted by Gasteiger charge is -2.72. The molecular formula is C45H66N4O3S. The first-order valence-electron chi connectivity index (χ1n) is 21.3. The van der Waals surface area contributed by atoms with Crippen LogP contribution in [0.5, 0.6) is 5.88 Å². The molecule has 0 bridgehead atoms. The maximum Gasteiger partial charge on any atom is 0.214 e. The molecule has 2 heterocycles. The summed E-state index contributed by atoms with van der Waals surface area (Å²) in [7, 11) is -2.83. The molecule has 5 fully saturated rings. The Morgan fingerprint density at radius 1 is 0.943 bits per heavy atom. The van der Waals surface area contributed by atoms with Gasteiger partial charge in [-0.2, -0.15) is 5.26 Å². The molecule has 2 unspecified atom stereocenters. The van der Waals surface area contributed by atoms with E-state index in [1.807, 2.05) is 0 Å². The molecule has 53 heavy (non-hydrogen) atoms. The number of nitrogens with zero attached hydrogens (tertiary/aromatic N) is 3. The summed E-state index contributed by atoms with van der Waals surface area (Å²) in [6, 6.07) is 5.64. The molecule has 290 valence electrons. The normalized spacial score (nSPS) is 41.8. The minimum Gasteiger partial charge on any atom is -0.477 e. The van der Waals surface area contributed by atoms with Crippen LogP contribution in [0.4, 0.5) is 0 Å². The quantitative estimate of drug-likeness (QED) is 0.285. The minimum atomic E-state index is -2.83. The third-order valence-corrected chi connectivity index (χ3v) is 19.1. The molecule has 4 saturated carbocycles. The highest BCUT2D eigenvalue weighted by Gasteiger charge is 2.69. The van der Waals surface area contributed by atoms with Crippen molar-refractivity contribution in [1.29, 1.82) is 5.26 Å². The van der Waals surface area contributed by atoms with Crippen LogP contribution in [-0.2, 0) is 9.84 Å². The fourth-order valence-corrected chi connectivity index (χ4v) is 15.8. The monoisotopic (exact) mass is 742 g/mol. The largest absolute Gasteiger partial charge is 0.477 e. The smallest absolute Gasteiger partial charge is 0.214 e. The third-order valence-electron chi connectivity index (χ3n) is 17.5. The van der Waals surface area contributed by atoms with Crippen molar-refractivity contribution in [3.05, 3.63) is 47.2 Å². The Bertz CT molecular complexity index is 1770. The van der Waals surface area contributed by atoms with Crippen LogP contribution in [0.15, 0.2) is 41.6 Å². The molecule has 9 atom stereocenters. The number of fused-ring (bicyclic) bond motifs is 7. The topological polar surface area (TPSA) is 95.3 Å². The van der Waals surface area contributed by atoms with Crippen LogP contribution in [-0.4, -0.2) is 68.1 Å². The van der Waals surface area contributed by atoms with E-state index >= 15 is 0 Å². The van der Waals surface area contributed by atoms with Gasteiger partial charge in [-0.25, -0.2) is 13.4 Å². The van der Waals surface area contributed by atoms with Gasteiger partial charge < -0.3 is 15.0 Å². The maximum atomic E-state index is 12.0. The molecule has 1 aromatic heterocycles. The number of pyridine rings is 1. The molecule has 0 aromatic carbocycles. The van der Waals surface area contributed by atoms with Gasteiger partial charge in [-0.1, -0.05) is 53.2 Å². The average Bonchev–Trinajstić information content (AvgIpc) is 3.56. The second-order valence-electron chi connectivity index (χ2n) is 20.0. The van der Waals surface area contributed by atoms with Crippen molar-refractivity contribution >= 4 is 9.84 Å². The van der Waals surface area contributed by atoms with Gasteiger partial charge in [0, 0.05) is 44.0 Å². The summed E-state index contributed by atoms with van der Waals surface area (Å²) in [6.45, 7) is 17.4. The Kier molecular flexibility index (Phi) is 9.79. The summed E-state index contributed by atoms with van der Waals surface area (Å²) in [5.74, 6) is 4.72. The van der Waals surface area contributed by atoms with Crippen LogP contribution in [0, 0.1) is 62.6 Å². The highest BCUT2D eigenvalue weighted by molar-refractivity contribution is 7.91. The van der Waals surface area contributed by atoms with Crippen LogP contribution >= 0.6 is 0 Å². The Hall–Kier alpha value is -2.21. The van der Waals surface area contributed by atoms with E-state index in [9.17, 15) is 13.7 Å². The van der Waals surface area contributed by atoms with Crippen molar-refractivity contribution in [2.24, 2.45) is 51.2 Å². The molecule has 0 amide bonds. The molecule has 1 aliphatic heterocycles. The Morgan fingerprint density at radius 2 is 1.75 bits per heavy atom. The molecule has 6 aliphatic carbocycles. The standard InChI is InChI=1S/C45H66N4O3S/c1-41(2)35(34-10-8-32(9-11-34)31-52-40-29-33(30-46)16-22-47-40)14-18-42(3)38(41)15-19-44(5)39(42)13-12-36-37-7-6-17-45(37,21-20-43(36,44)4)48-23-24-49-25-27-53(50,51)28-26-49/h10,14,16,22,29,32,36-39,48H,6-9,11-13,15,17-21,23-28,31H2,1-5H3/t32-,36+,37+,38?,39?,42-,43+,44+,45-/m0/s1. The lowest BCUT2D eigenvalue weighted by molar-refractivity contribution is -0.218. The molecule has 1 N–H and O–H groups in total. The number of hydrogen-bond donors (Lipinski definition) is 1. The molecule has 0 spiro atoms. The highest BCUT2D eigenvalue weighted by Crippen LogP contribution is 2.76. The summed E-state index contributed by atoms with van der Waals surface area (Å²) in [5, 5.41) is 13.4. The van der Waals surface area contributed by atoms with E-state index in [2.05, 4.69) is 68.0 Å². The second-order valence-corrected chi connectivity index (χ2v) is 22.3.